The van der Waals surface area contributed by atoms with Crippen LogP contribution in [0.2, 0.25) is 0 Å². The highest BCUT2D eigenvalue weighted by molar-refractivity contribution is 7.15. The maximum atomic E-state index is 13.6. The molecule has 2 N–H and O–H groups in total. The van der Waals surface area contributed by atoms with Gasteiger partial charge in [-0.3, -0.25) is 4.79 Å². The normalized spacial score (nSPS) is 24.6. The molecular weight excluding hydrogens is 384 g/mol. The fourth-order valence-corrected chi connectivity index (χ4v) is 4.92. The number of aromatic carboxylic acids is 1. The molecule has 29 heavy (non-hydrogen) atoms. The lowest BCUT2D eigenvalue weighted by molar-refractivity contribution is -0.124. The van der Waals surface area contributed by atoms with Crippen molar-refractivity contribution in [3.05, 3.63) is 15.8 Å². The highest BCUT2D eigenvalue weighted by Crippen LogP contribution is 2.37. The highest BCUT2D eigenvalue weighted by atomic mass is 32.1. The molecule has 1 amide bonds. The molecule has 1 atom stereocenters. The van der Waals surface area contributed by atoms with Crippen LogP contribution in [0.15, 0.2) is 6.07 Å². The Labute approximate surface area is 177 Å². The number of carboxylic acids is 1. The Morgan fingerprint density at radius 3 is 2.45 bits per heavy atom. The number of carbonyl (C=O) groups excluding carboxylic acids is 1. The first-order chi connectivity index (χ1) is 13.7. The molecule has 2 aliphatic rings. The van der Waals surface area contributed by atoms with Crippen LogP contribution in [-0.2, 0) is 4.79 Å². The zero-order valence-electron chi connectivity index (χ0n) is 17.9. The van der Waals surface area contributed by atoms with Crippen molar-refractivity contribution >= 4 is 28.9 Å². The third kappa shape index (κ3) is 5.40. The maximum absolute atomic E-state index is 13.6. The predicted octanol–water partition coefficient (Wildman–Crippen LogP) is 4.37. The van der Waals surface area contributed by atoms with Gasteiger partial charge >= 0.3 is 5.97 Å². The van der Waals surface area contributed by atoms with E-state index in [9.17, 15) is 14.7 Å². The van der Waals surface area contributed by atoms with Crippen LogP contribution in [0.5, 0.6) is 0 Å². The monoisotopic (exact) mass is 416 g/mol. The van der Waals surface area contributed by atoms with Gasteiger partial charge in [0.25, 0.3) is 0 Å². The van der Waals surface area contributed by atoms with E-state index in [-0.39, 0.29) is 28.2 Å². The largest absolute Gasteiger partial charge is 0.477 e. The molecule has 0 aromatic carbocycles. The molecule has 1 saturated carbocycles. The van der Waals surface area contributed by atoms with Gasteiger partial charge in [-0.05, 0) is 71.4 Å². The van der Waals surface area contributed by atoms with Gasteiger partial charge in [-0.15, -0.1) is 11.3 Å². The summed E-state index contributed by atoms with van der Waals surface area (Å²) in [6.45, 7) is 9.86. The summed E-state index contributed by atoms with van der Waals surface area (Å²) < 4.78 is 0. The van der Waals surface area contributed by atoms with Crippen molar-refractivity contribution in [3.8, 4) is 11.8 Å². The van der Waals surface area contributed by atoms with Gasteiger partial charge < -0.3 is 15.3 Å². The van der Waals surface area contributed by atoms with Crippen LogP contribution in [0.1, 0.15) is 74.3 Å². The predicted molar refractivity (Wildman–Crippen MR) is 117 cm³/mol. The van der Waals surface area contributed by atoms with Crippen molar-refractivity contribution in [1.29, 1.82) is 0 Å². The van der Waals surface area contributed by atoms with Gasteiger partial charge in [0.2, 0.25) is 5.91 Å². The molecule has 0 unspecified atom stereocenters. The lowest BCUT2D eigenvalue weighted by Crippen LogP contribution is -2.46. The second-order valence-electron chi connectivity index (χ2n) is 9.44. The number of carboxylic acid groups (broad SMARTS) is 1. The Morgan fingerprint density at radius 1 is 1.21 bits per heavy atom. The Hall–Kier alpha value is -1.84. The van der Waals surface area contributed by atoms with E-state index in [2.05, 4.69) is 24.1 Å². The van der Waals surface area contributed by atoms with Gasteiger partial charge in [0.15, 0.2) is 0 Å². The van der Waals surface area contributed by atoms with Crippen LogP contribution >= 0.6 is 11.3 Å². The number of hydrogen-bond acceptors (Lipinski definition) is 4. The molecule has 3 rings (SSSR count). The number of anilines is 1. The fourth-order valence-electron chi connectivity index (χ4n) is 4.08. The van der Waals surface area contributed by atoms with E-state index in [1.165, 1.54) is 11.3 Å². The van der Waals surface area contributed by atoms with Crippen LogP contribution in [0, 0.1) is 29.1 Å². The Morgan fingerprint density at radius 2 is 1.90 bits per heavy atom. The lowest BCUT2D eigenvalue weighted by atomic mass is 9.82. The van der Waals surface area contributed by atoms with Crippen molar-refractivity contribution < 1.29 is 14.7 Å². The van der Waals surface area contributed by atoms with Crippen LogP contribution in [0.4, 0.5) is 5.69 Å². The number of thiophene rings is 1. The fraction of sp³-hybridized carbons (Fsp3) is 0.652. The van der Waals surface area contributed by atoms with E-state index < -0.39 is 5.97 Å². The first kappa shape index (κ1) is 21.9. The standard InChI is InChI=1S/C23H32N2O3S/c1-15-5-7-16(8-6-15)21(26)25(17-10-12-24-14-17)19-13-18(9-11-23(2,3)4)29-20(19)22(27)28/h13,15-17,24H,5-8,10,12,14H2,1-4H3,(H,27,28)/t15-,16+,17-/m1/s1. The first-order valence-electron chi connectivity index (χ1n) is 10.6. The molecule has 1 saturated heterocycles. The average Bonchev–Trinajstić information content (AvgIpc) is 3.31. The number of rotatable bonds is 4. The Bertz CT molecular complexity index is 813. The van der Waals surface area contributed by atoms with E-state index in [1.54, 1.807) is 4.90 Å². The zero-order valence-corrected chi connectivity index (χ0v) is 18.7. The third-order valence-electron chi connectivity index (χ3n) is 5.73. The number of carbonyl (C=O) groups is 2. The van der Waals surface area contributed by atoms with Crippen LogP contribution < -0.4 is 10.2 Å². The summed E-state index contributed by atoms with van der Waals surface area (Å²) in [5.41, 5.74) is 0.357. The van der Waals surface area contributed by atoms with E-state index in [0.717, 1.165) is 38.6 Å². The van der Waals surface area contributed by atoms with Crippen molar-refractivity contribution in [3.63, 3.8) is 0 Å². The minimum absolute atomic E-state index is 0.00187. The van der Waals surface area contributed by atoms with Crippen molar-refractivity contribution in [2.75, 3.05) is 18.0 Å². The van der Waals surface area contributed by atoms with Crippen LogP contribution in [-0.4, -0.2) is 36.1 Å². The Balaban J connectivity index is 1.98. The molecule has 0 bridgehead atoms. The molecule has 2 fully saturated rings. The number of hydrogen-bond donors (Lipinski definition) is 2. The maximum Gasteiger partial charge on any atom is 0.348 e. The molecule has 1 aromatic rings. The average molecular weight is 417 g/mol. The minimum atomic E-state index is -0.991. The highest BCUT2D eigenvalue weighted by Gasteiger charge is 2.36. The zero-order chi connectivity index (χ0) is 21.2. The van der Waals surface area contributed by atoms with Gasteiger partial charge in [-0.2, -0.15) is 0 Å². The molecular formula is C23H32N2O3S. The van der Waals surface area contributed by atoms with E-state index >= 15 is 0 Å². The second kappa shape index (κ2) is 8.89. The number of nitrogens with zero attached hydrogens (tertiary/aromatic N) is 1. The van der Waals surface area contributed by atoms with E-state index in [1.807, 2.05) is 26.8 Å². The quantitative estimate of drug-likeness (QED) is 0.716. The molecule has 5 nitrogen and oxygen atoms in total. The topological polar surface area (TPSA) is 69.6 Å². The lowest BCUT2D eigenvalue weighted by Gasteiger charge is -2.34. The van der Waals surface area contributed by atoms with Gasteiger partial charge in [0, 0.05) is 17.9 Å². The molecule has 158 valence electrons. The first-order valence-corrected chi connectivity index (χ1v) is 11.4. The second-order valence-corrected chi connectivity index (χ2v) is 10.5. The molecule has 0 spiro atoms. The summed E-state index contributed by atoms with van der Waals surface area (Å²) in [6.07, 6.45) is 4.74. The summed E-state index contributed by atoms with van der Waals surface area (Å²) in [6, 6.07) is 1.81. The van der Waals surface area contributed by atoms with Crippen molar-refractivity contribution in [2.45, 2.75) is 65.8 Å². The van der Waals surface area contributed by atoms with Crippen LogP contribution in [0.3, 0.4) is 0 Å². The van der Waals surface area contributed by atoms with Crippen molar-refractivity contribution in [1.82, 2.24) is 5.32 Å². The summed E-state index contributed by atoms with van der Waals surface area (Å²) in [5, 5.41) is 13.2. The van der Waals surface area contributed by atoms with E-state index in [0.29, 0.717) is 23.0 Å². The summed E-state index contributed by atoms with van der Waals surface area (Å²) in [4.78, 5) is 28.3. The summed E-state index contributed by atoms with van der Waals surface area (Å²) in [7, 11) is 0. The van der Waals surface area contributed by atoms with Crippen molar-refractivity contribution in [2.24, 2.45) is 17.3 Å². The minimum Gasteiger partial charge on any atom is -0.477 e. The third-order valence-corrected chi connectivity index (χ3v) is 6.76. The van der Waals surface area contributed by atoms with E-state index in [4.69, 9.17) is 0 Å². The SMILES string of the molecule is CC(C)(C)C#Cc1cc(N(C(=O)[C@H]2CC[C@@H](C)CC2)[C@@H]2CCNC2)c(C(=O)O)s1. The van der Waals surface area contributed by atoms with Crippen LogP contribution in [0.25, 0.3) is 0 Å². The summed E-state index contributed by atoms with van der Waals surface area (Å²) in [5.74, 6) is 6.04. The van der Waals surface area contributed by atoms with Gasteiger partial charge in [0.1, 0.15) is 4.88 Å². The number of nitrogens with one attached hydrogen (secondary N) is 1. The molecule has 1 aliphatic carbocycles. The molecule has 0 radical (unpaired) electrons. The smallest absolute Gasteiger partial charge is 0.348 e. The van der Waals surface area contributed by atoms with Gasteiger partial charge in [-0.1, -0.05) is 18.8 Å². The number of amides is 1. The molecule has 1 aliphatic heterocycles. The summed E-state index contributed by atoms with van der Waals surface area (Å²) >= 11 is 1.17. The molecule has 1 aromatic heterocycles. The Kier molecular flexibility index (Phi) is 6.70. The van der Waals surface area contributed by atoms with Gasteiger partial charge in [0.05, 0.1) is 16.6 Å². The molecule has 2 heterocycles. The molecule has 6 heteroatoms. The van der Waals surface area contributed by atoms with Gasteiger partial charge in [-0.25, -0.2) is 4.79 Å².